The topological polar surface area (TPSA) is 67.9 Å². The van der Waals surface area contributed by atoms with Gasteiger partial charge in [0, 0.05) is 24.9 Å². The Balaban J connectivity index is 1.44. The third-order valence-corrected chi connectivity index (χ3v) is 5.47. The fraction of sp³-hybridized carbons (Fsp3) is 0.250. The van der Waals surface area contributed by atoms with Gasteiger partial charge in [-0.3, -0.25) is 9.59 Å². The lowest BCUT2D eigenvalue weighted by Gasteiger charge is -2.19. The second kappa shape index (κ2) is 8.45. The van der Waals surface area contributed by atoms with Crippen LogP contribution in [0.15, 0.2) is 60.7 Å². The number of ether oxygens (including phenoxy) is 2. The molecule has 3 aromatic rings. The second-order valence-corrected chi connectivity index (χ2v) is 7.31. The average Bonchev–Trinajstić information content (AvgIpc) is 3.18. The van der Waals surface area contributed by atoms with Crippen LogP contribution in [0.4, 0.5) is 5.69 Å². The van der Waals surface area contributed by atoms with Gasteiger partial charge in [-0.05, 0) is 29.1 Å². The zero-order valence-corrected chi connectivity index (χ0v) is 17.1. The number of carbonyl (C=O) groups excluding carboxylic acids is 2. The SMILES string of the molecule is COc1ccc(CNC(=O)C2CC(=O)N(c3cccc4ccccc34)C2)cc1OC. The van der Waals surface area contributed by atoms with E-state index in [0.717, 1.165) is 22.0 Å². The Bertz CT molecular complexity index is 1090. The molecule has 1 unspecified atom stereocenters. The summed E-state index contributed by atoms with van der Waals surface area (Å²) in [5, 5.41) is 5.03. The van der Waals surface area contributed by atoms with E-state index >= 15 is 0 Å². The molecule has 0 saturated carbocycles. The minimum Gasteiger partial charge on any atom is -0.493 e. The standard InChI is InChI=1S/C24H24N2O4/c1-29-21-11-10-16(12-22(21)30-2)14-25-24(28)18-13-23(27)26(15-18)20-9-5-7-17-6-3-4-8-19(17)20/h3-12,18H,13-15H2,1-2H3,(H,25,28). The van der Waals surface area contributed by atoms with E-state index in [2.05, 4.69) is 5.32 Å². The molecule has 6 heteroatoms. The van der Waals surface area contributed by atoms with Crippen LogP contribution in [0.1, 0.15) is 12.0 Å². The molecule has 0 radical (unpaired) electrons. The zero-order valence-electron chi connectivity index (χ0n) is 17.1. The number of fused-ring (bicyclic) bond motifs is 1. The summed E-state index contributed by atoms with van der Waals surface area (Å²) in [5.74, 6) is 0.720. The van der Waals surface area contributed by atoms with E-state index in [9.17, 15) is 9.59 Å². The van der Waals surface area contributed by atoms with E-state index in [1.165, 1.54) is 0 Å². The maximum Gasteiger partial charge on any atom is 0.227 e. The van der Waals surface area contributed by atoms with Gasteiger partial charge >= 0.3 is 0 Å². The molecule has 4 rings (SSSR count). The maximum atomic E-state index is 12.7. The van der Waals surface area contributed by atoms with Crippen molar-refractivity contribution < 1.29 is 19.1 Å². The van der Waals surface area contributed by atoms with E-state index in [1.807, 2.05) is 60.7 Å². The number of methoxy groups -OCH3 is 2. The number of benzene rings is 3. The number of hydrogen-bond donors (Lipinski definition) is 1. The number of nitrogens with zero attached hydrogens (tertiary/aromatic N) is 1. The summed E-state index contributed by atoms with van der Waals surface area (Å²) in [6, 6.07) is 19.4. The molecule has 2 amide bonds. The van der Waals surface area contributed by atoms with Crippen LogP contribution in [0.3, 0.4) is 0 Å². The first kappa shape index (κ1) is 19.8. The Morgan fingerprint density at radius 1 is 1.03 bits per heavy atom. The smallest absolute Gasteiger partial charge is 0.227 e. The molecule has 154 valence electrons. The van der Waals surface area contributed by atoms with Crippen LogP contribution in [0, 0.1) is 5.92 Å². The van der Waals surface area contributed by atoms with Gasteiger partial charge in [0.25, 0.3) is 0 Å². The molecular formula is C24H24N2O4. The van der Waals surface area contributed by atoms with Crippen molar-refractivity contribution >= 4 is 28.3 Å². The van der Waals surface area contributed by atoms with Crippen molar-refractivity contribution in [3.05, 3.63) is 66.2 Å². The van der Waals surface area contributed by atoms with Gasteiger partial charge in [0.15, 0.2) is 11.5 Å². The summed E-state index contributed by atoms with van der Waals surface area (Å²) in [4.78, 5) is 27.1. The summed E-state index contributed by atoms with van der Waals surface area (Å²) in [5.41, 5.74) is 1.75. The van der Waals surface area contributed by atoms with E-state index in [-0.39, 0.29) is 24.2 Å². The van der Waals surface area contributed by atoms with Crippen molar-refractivity contribution in [1.29, 1.82) is 0 Å². The van der Waals surface area contributed by atoms with Crippen molar-refractivity contribution in [2.24, 2.45) is 5.92 Å². The monoisotopic (exact) mass is 404 g/mol. The van der Waals surface area contributed by atoms with Gasteiger partial charge in [-0.15, -0.1) is 0 Å². The lowest BCUT2D eigenvalue weighted by molar-refractivity contribution is -0.126. The van der Waals surface area contributed by atoms with Gasteiger partial charge in [-0.2, -0.15) is 0 Å². The molecular weight excluding hydrogens is 380 g/mol. The van der Waals surface area contributed by atoms with E-state index in [4.69, 9.17) is 9.47 Å². The highest BCUT2D eigenvalue weighted by Gasteiger charge is 2.35. The molecule has 0 spiro atoms. The summed E-state index contributed by atoms with van der Waals surface area (Å²) in [7, 11) is 3.16. The number of nitrogens with one attached hydrogen (secondary N) is 1. The first-order valence-electron chi connectivity index (χ1n) is 9.87. The summed E-state index contributed by atoms with van der Waals surface area (Å²) >= 11 is 0. The fourth-order valence-electron chi connectivity index (χ4n) is 3.88. The zero-order chi connectivity index (χ0) is 21.1. The lowest BCUT2D eigenvalue weighted by Crippen LogP contribution is -2.32. The van der Waals surface area contributed by atoms with Gasteiger partial charge in [-0.1, -0.05) is 42.5 Å². The van der Waals surface area contributed by atoms with Crippen LogP contribution in [0.25, 0.3) is 10.8 Å². The molecule has 1 fully saturated rings. The van der Waals surface area contributed by atoms with Gasteiger partial charge in [-0.25, -0.2) is 0 Å². The number of hydrogen-bond acceptors (Lipinski definition) is 4. The molecule has 0 aromatic heterocycles. The highest BCUT2D eigenvalue weighted by Crippen LogP contribution is 2.32. The van der Waals surface area contributed by atoms with Crippen molar-refractivity contribution in [3.63, 3.8) is 0 Å². The van der Waals surface area contributed by atoms with Gasteiger partial charge in [0.2, 0.25) is 11.8 Å². The molecule has 0 aliphatic carbocycles. The van der Waals surface area contributed by atoms with Crippen molar-refractivity contribution in [1.82, 2.24) is 5.32 Å². The highest BCUT2D eigenvalue weighted by molar-refractivity contribution is 6.06. The van der Waals surface area contributed by atoms with Crippen molar-refractivity contribution in [3.8, 4) is 11.5 Å². The number of anilines is 1. The Kier molecular flexibility index (Phi) is 5.57. The predicted molar refractivity (Wildman–Crippen MR) is 116 cm³/mol. The first-order valence-corrected chi connectivity index (χ1v) is 9.87. The summed E-state index contributed by atoms with van der Waals surface area (Å²) in [6.07, 6.45) is 0.209. The van der Waals surface area contributed by atoms with Crippen LogP contribution < -0.4 is 19.7 Å². The molecule has 1 heterocycles. The number of amides is 2. The molecule has 3 aromatic carbocycles. The van der Waals surface area contributed by atoms with Crippen LogP contribution in [0.5, 0.6) is 11.5 Å². The van der Waals surface area contributed by atoms with Crippen molar-refractivity contribution in [2.75, 3.05) is 25.7 Å². The number of rotatable bonds is 6. The van der Waals surface area contributed by atoms with E-state index in [1.54, 1.807) is 19.1 Å². The minimum atomic E-state index is -0.378. The average molecular weight is 404 g/mol. The third kappa shape index (κ3) is 3.81. The third-order valence-electron chi connectivity index (χ3n) is 5.47. The largest absolute Gasteiger partial charge is 0.493 e. The Labute approximate surface area is 175 Å². The molecule has 0 bridgehead atoms. The molecule has 1 aliphatic rings. The Morgan fingerprint density at radius 3 is 2.60 bits per heavy atom. The maximum absolute atomic E-state index is 12.7. The van der Waals surface area contributed by atoms with Crippen molar-refractivity contribution in [2.45, 2.75) is 13.0 Å². The normalized spacial score (nSPS) is 16.0. The molecule has 1 N–H and O–H groups in total. The highest BCUT2D eigenvalue weighted by atomic mass is 16.5. The molecule has 1 atom stereocenters. The van der Waals surface area contributed by atoms with Gasteiger partial charge in [0.05, 0.1) is 25.8 Å². The fourth-order valence-corrected chi connectivity index (χ4v) is 3.88. The molecule has 1 aliphatic heterocycles. The molecule has 1 saturated heterocycles. The van der Waals surface area contributed by atoms with E-state index in [0.29, 0.717) is 24.6 Å². The second-order valence-electron chi connectivity index (χ2n) is 7.31. The van der Waals surface area contributed by atoms with Gasteiger partial charge in [0.1, 0.15) is 0 Å². The van der Waals surface area contributed by atoms with E-state index < -0.39 is 0 Å². The van der Waals surface area contributed by atoms with Crippen LogP contribution in [0.2, 0.25) is 0 Å². The van der Waals surface area contributed by atoms with Crippen LogP contribution in [-0.2, 0) is 16.1 Å². The molecule has 30 heavy (non-hydrogen) atoms. The Hall–Kier alpha value is -3.54. The van der Waals surface area contributed by atoms with Gasteiger partial charge < -0.3 is 19.7 Å². The predicted octanol–water partition coefficient (Wildman–Crippen LogP) is 3.53. The molecule has 6 nitrogen and oxygen atoms in total. The summed E-state index contributed by atoms with van der Waals surface area (Å²) < 4.78 is 10.5. The Morgan fingerprint density at radius 2 is 1.80 bits per heavy atom. The van der Waals surface area contributed by atoms with Crippen LogP contribution >= 0.6 is 0 Å². The first-order chi connectivity index (χ1) is 14.6. The summed E-state index contributed by atoms with van der Waals surface area (Å²) in [6.45, 7) is 0.739. The lowest BCUT2D eigenvalue weighted by atomic mass is 10.1. The van der Waals surface area contributed by atoms with Crippen LogP contribution in [-0.4, -0.2) is 32.6 Å². The minimum absolute atomic E-state index is 0.0300. The number of carbonyl (C=O) groups is 2. The quantitative estimate of drug-likeness (QED) is 0.683.